The van der Waals surface area contributed by atoms with E-state index in [-0.39, 0.29) is 17.2 Å². The van der Waals surface area contributed by atoms with Gasteiger partial charge in [0, 0.05) is 24.8 Å². The highest BCUT2D eigenvalue weighted by atomic mass is 32.2. The standard InChI is InChI=1S/C29H33N3O6S/c1-37-28(34)26-25(27(33)31-22-14-17-32(18-15-22)39(2,35)36)23-13-16-29(26,38-23)24(19-20-9-5-3-6-10-20)30-21-11-7-4-8-12-21/h3-13,16,22-24,30H,14-15,17-19H2,1-2H3,(H,31,33). The minimum absolute atomic E-state index is 0.188. The van der Waals surface area contributed by atoms with Crippen LogP contribution in [0.3, 0.4) is 0 Å². The minimum Gasteiger partial charge on any atom is -0.466 e. The second-order valence-corrected chi connectivity index (χ2v) is 12.1. The first-order valence-corrected chi connectivity index (χ1v) is 14.9. The largest absolute Gasteiger partial charge is 0.466 e. The lowest BCUT2D eigenvalue weighted by Crippen LogP contribution is -2.50. The third-order valence-electron chi connectivity index (χ3n) is 7.59. The van der Waals surface area contributed by atoms with Crippen molar-refractivity contribution >= 4 is 27.6 Å². The zero-order chi connectivity index (χ0) is 27.6. The van der Waals surface area contributed by atoms with E-state index in [1.165, 1.54) is 17.7 Å². The minimum atomic E-state index is -3.28. The number of piperidine rings is 1. The molecule has 0 saturated carbocycles. The van der Waals surface area contributed by atoms with Crippen LogP contribution in [0.25, 0.3) is 0 Å². The number of benzene rings is 2. The molecule has 1 amide bonds. The van der Waals surface area contributed by atoms with E-state index in [0.29, 0.717) is 32.4 Å². The lowest BCUT2D eigenvalue weighted by Gasteiger charge is -2.36. The summed E-state index contributed by atoms with van der Waals surface area (Å²) in [5, 5.41) is 6.57. The van der Waals surface area contributed by atoms with Crippen LogP contribution in [0, 0.1) is 0 Å². The Bertz CT molecular complexity index is 1340. The number of sulfonamides is 1. The number of hydrogen-bond donors (Lipinski definition) is 2. The first-order valence-electron chi connectivity index (χ1n) is 13.0. The van der Waals surface area contributed by atoms with E-state index in [4.69, 9.17) is 9.47 Å². The van der Waals surface area contributed by atoms with Crippen molar-refractivity contribution in [1.82, 2.24) is 9.62 Å². The number of hydrogen-bond acceptors (Lipinski definition) is 7. The Morgan fingerprint density at radius 3 is 2.33 bits per heavy atom. The van der Waals surface area contributed by atoms with Crippen molar-refractivity contribution in [2.45, 2.75) is 43.1 Å². The number of methoxy groups -OCH3 is 1. The fourth-order valence-corrected chi connectivity index (χ4v) is 6.52. The first kappa shape index (κ1) is 27.1. The number of carbonyl (C=O) groups excluding carboxylic acids is 2. The highest BCUT2D eigenvalue weighted by Gasteiger charge is 2.58. The number of nitrogens with one attached hydrogen (secondary N) is 2. The predicted molar refractivity (Wildman–Crippen MR) is 147 cm³/mol. The molecule has 206 valence electrons. The number of esters is 1. The summed E-state index contributed by atoms with van der Waals surface area (Å²) >= 11 is 0. The fraction of sp³-hybridized carbons (Fsp3) is 0.379. The molecule has 2 aromatic carbocycles. The van der Waals surface area contributed by atoms with Gasteiger partial charge in [-0.3, -0.25) is 4.79 Å². The van der Waals surface area contributed by atoms with Gasteiger partial charge in [0.05, 0.1) is 30.6 Å². The van der Waals surface area contributed by atoms with E-state index < -0.39 is 39.6 Å². The van der Waals surface area contributed by atoms with Crippen molar-refractivity contribution in [2.24, 2.45) is 0 Å². The summed E-state index contributed by atoms with van der Waals surface area (Å²) in [6.07, 6.45) is 5.65. The van der Waals surface area contributed by atoms with Gasteiger partial charge in [-0.1, -0.05) is 54.6 Å². The molecular formula is C29H33N3O6S. The van der Waals surface area contributed by atoms with Gasteiger partial charge in [-0.2, -0.15) is 0 Å². The summed E-state index contributed by atoms with van der Waals surface area (Å²) in [6.45, 7) is 0.660. The molecule has 1 fully saturated rings. The normalized spacial score (nSPS) is 24.0. The SMILES string of the molecule is COC(=O)C1=C(C(=O)NC2CCN(S(C)(=O)=O)CC2)C2C=CC1(C(Cc1ccccc1)Nc1ccccc1)O2. The number of fused-ring (bicyclic) bond motifs is 2. The van der Waals surface area contributed by atoms with Gasteiger partial charge in [-0.25, -0.2) is 17.5 Å². The lowest BCUT2D eigenvalue weighted by molar-refractivity contribution is -0.138. The monoisotopic (exact) mass is 551 g/mol. The van der Waals surface area contributed by atoms with Gasteiger partial charge in [0.1, 0.15) is 11.7 Å². The highest BCUT2D eigenvalue weighted by Crippen LogP contribution is 2.47. The summed E-state index contributed by atoms with van der Waals surface area (Å²) in [5.74, 6) is -1.02. The molecular weight excluding hydrogens is 518 g/mol. The van der Waals surface area contributed by atoms with Crippen LogP contribution in [0.15, 0.2) is 84.0 Å². The van der Waals surface area contributed by atoms with E-state index >= 15 is 0 Å². The fourth-order valence-electron chi connectivity index (χ4n) is 5.65. The average molecular weight is 552 g/mol. The third-order valence-corrected chi connectivity index (χ3v) is 8.90. The van der Waals surface area contributed by atoms with Crippen molar-refractivity contribution < 1.29 is 27.5 Å². The van der Waals surface area contributed by atoms with Crippen LogP contribution in [0.1, 0.15) is 18.4 Å². The van der Waals surface area contributed by atoms with E-state index in [1.807, 2.05) is 72.8 Å². The van der Waals surface area contributed by atoms with Gasteiger partial charge in [-0.05, 0) is 43.0 Å². The Morgan fingerprint density at radius 1 is 1.08 bits per heavy atom. The van der Waals surface area contributed by atoms with Crippen molar-refractivity contribution in [3.63, 3.8) is 0 Å². The maximum Gasteiger partial charge on any atom is 0.337 e. The molecule has 0 radical (unpaired) electrons. The number of anilines is 1. The molecule has 3 aliphatic heterocycles. The summed E-state index contributed by atoms with van der Waals surface area (Å²) < 4.78 is 36.8. The second kappa shape index (κ2) is 11.0. The first-order chi connectivity index (χ1) is 18.7. The Kier molecular flexibility index (Phi) is 7.61. The molecule has 0 aliphatic carbocycles. The molecule has 5 rings (SSSR count). The summed E-state index contributed by atoms with van der Waals surface area (Å²) in [5.41, 5.74) is 1.10. The van der Waals surface area contributed by atoms with Crippen molar-refractivity contribution in [3.05, 3.63) is 89.5 Å². The van der Waals surface area contributed by atoms with Gasteiger partial charge >= 0.3 is 5.97 Å². The second-order valence-electron chi connectivity index (χ2n) is 10.1. The Labute approximate surface area is 228 Å². The molecule has 3 unspecified atom stereocenters. The molecule has 0 spiro atoms. The molecule has 9 nitrogen and oxygen atoms in total. The van der Waals surface area contributed by atoms with Crippen LogP contribution in [-0.4, -0.2) is 74.8 Å². The van der Waals surface area contributed by atoms with E-state index in [9.17, 15) is 18.0 Å². The molecule has 1 saturated heterocycles. The smallest absolute Gasteiger partial charge is 0.337 e. The Balaban J connectivity index is 1.46. The molecule has 0 aromatic heterocycles. The molecule has 2 bridgehead atoms. The average Bonchev–Trinajstić information content (AvgIpc) is 3.52. The quantitative estimate of drug-likeness (QED) is 0.364. The van der Waals surface area contributed by atoms with Crippen LogP contribution in [0.4, 0.5) is 5.69 Å². The molecule has 3 heterocycles. The van der Waals surface area contributed by atoms with E-state index in [0.717, 1.165) is 11.3 Å². The zero-order valence-corrected chi connectivity index (χ0v) is 22.8. The van der Waals surface area contributed by atoms with E-state index in [1.54, 1.807) is 0 Å². The number of amides is 1. The number of carbonyl (C=O) groups is 2. The topological polar surface area (TPSA) is 114 Å². The maximum absolute atomic E-state index is 13.7. The van der Waals surface area contributed by atoms with Crippen LogP contribution in [0.5, 0.6) is 0 Å². The highest BCUT2D eigenvalue weighted by molar-refractivity contribution is 7.88. The molecule has 3 aliphatic rings. The lowest BCUT2D eigenvalue weighted by atomic mass is 9.78. The zero-order valence-electron chi connectivity index (χ0n) is 22.0. The van der Waals surface area contributed by atoms with Gasteiger partial charge in [0.2, 0.25) is 10.0 Å². The van der Waals surface area contributed by atoms with Crippen LogP contribution >= 0.6 is 0 Å². The molecule has 39 heavy (non-hydrogen) atoms. The van der Waals surface area contributed by atoms with Gasteiger partial charge in [0.15, 0.2) is 0 Å². The van der Waals surface area contributed by atoms with Crippen LogP contribution in [-0.2, 0) is 35.5 Å². The van der Waals surface area contributed by atoms with Crippen molar-refractivity contribution in [1.29, 1.82) is 0 Å². The van der Waals surface area contributed by atoms with Crippen LogP contribution in [0.2, 0.25) is 0 Å². The molecule has 2 N–H and O–H groups in total. The summed E-state index contributed by atoms with van der Waals surface area (Å²) in [7, 11) is -1.98. The maximum atomic E-state index is 13.7. The van der Waals surface area contributed by atoms with Crippen molar-refractivity contribution in [2.75, 3.05) is 31.8 Å². The van der Waals surface area contributed by atoms with Crippen LogP contribution < -0.4 is 10.6 Å². The van der Waals surface area contributed by atoms with Gasteiger partial charge in [-0.15, -0.1) is 0 Å². The molecule has 2 aromatic rings. The number of para-hydroxylation sites is 1. The molecule has 10 heteroatoms. The van der Waals surface area contributed by atoms with Crippen molar-refractivity contribution in [3.8, 4) is 0 Å². The number of ether oxygens (including phenoxy) is 2. The third kappa shape index (κ3) is 5.50. The predicted octanol–water partition coefficient (Wildman–Crippen LogP) is 2.43. The van der Waals surface area contributed by atoms with Gasteiger partial charge in [0.25, 0.3) is 5.91 Å². The number of rotatable bonds is 9. The summed E-state index contributed by atoms with van der Waals surface area (Å²) in [6, 6.07) is 18.9. The molecule has 3 atom stereocenters. The summed E-state index contributed by atoms with van der Waals surface area (Å²) in [4.78, 5) is 27.0. The van der Waals surface area contributed by atoms with Gasteiger partial charge < -0.3 is 20.1 Å². The Morgan fingerprint density at radius 2 is 1.72 bits per heavy atom. The number of nitrogens with zero attached hydrogens (tertiary/aromatic N) is 1. The Hall–Kier alpha value is -3.47. The van der Waals surface area contributed by atoms with E-state index in [2.05, 4.69) is 10.6 Å².